The summed E-state index contributed by atoms with van der Waals surface area (Å²) in [6.45, 7) is 0.263. The Morgan fingerprint density at radius 1 is 0.909 bits per heavy atom. The lowest BCUT2D eigenvalue weighted by Gasteiger charge is -2.27. The Labute approximate surface area is 194 Å². The zero-order chi connectivity index (χ0) is 23.0. The molecule has 2 aliphatic rings. The first-order chi connectivity index (χ1) is 16.0. The van der Waals surface area contributed by atoms with Crippen molar-refractivity contribution in [1.29, 1.82) is 0 Å². The Morgan fingerprint density at radius 3 is 2.55 bits per heavy atom. The molecule has 2 N–H and O–H groups in total. The van der Waals surface area contributed by atoms with Crippen LogP contribution in [0.1, 0.15) is 39.8 Å². The summed E-state index contributed by atoms with van der Waals surface area (Å²) < 4.78 is 40.2. The topological polar surface area (TPSA) is 60.2 Å². The van der Waals surface area contributed by atoms with Crippen LogP contribution in [0.15, 0.2) is 66.7 Å². The molecule has 0 radical (unpaired) electrons. The van der Waals surface area contributed by atoms with Crippen molar-refractivity contribution in [3.05, 3.63) is 106 Å². The smallest absolute Gasteiger partial charge is 0.182 e. The summed E-state index contributed by atoms with van der Waals surface area (Å²) in [4.78, 5) is 0.411. The summed E-state index contributed by atoms with van der Waals surface area (Å²) in [6.07, 6.45) is 8.57. The van der Waals surface area contributed by atoms with E-state index in [0.29, 0.717) is 16.9 Å². The molecule has 0 saturated heterocycles. The van der Waals surface area contributed by atoms with Crippen molar-refractivity contribution in [2.24, 2.45) is 5.73 Å². The van der Waals surface area contributed by atoms with Crippen molar-refractivity contribution in [3.63, 3.8) is 0 Å². The van der Waals surface area contributed by atoms with Gasteiger partial charge >= 0.3 is 0 Å². The van der Waals surface area contributed by atoms with Gasteiger partial charge in [-0.25, -0.2) is 12.8 Å². The van der Waals surface area contributed by atoms with E-state index in [2.05, 4.69) is 30.3 Å². The monoisotopic (exact) mass is 459 g/mol. The Morgan fingerprint density at radius 2 is 1.70 bits per heavy atom. The maximum absolute atomic E-state index is 13.6. The molecule has 5 rings (SSSR count). The van der Waals surface area contributed by atoms with Crippen LogP contribution in [0, 0.1) is 5.82 Å². The van der Waals surface area contributed by atoms with Crippen LogP contribution >= 0.6 is 0 Å². The third-order valence-corrected chi connectivity index (χ3v) is 8.34. The van der Waals surface area contributed by atoms with Gasteiger partial charge in [0.2, 0.25) is 0 Å². The summed E-state index contributed by atoms with van der Waals surface area (Å²) >= 11 is 0. The summed E-state index contributed by atoms with van der Waals surface area (Å²) in [5.74, 6) is -0.511. The fraction of sp³-hybridized carbons (Fsp3) is 0.214. The van der Waals surface area contributed by atoms with Gasteiger partial charge in [0.25, 0.3) is 0 Å². The quantitative estimate of drug-likeness (QED) is 0.551. The summed E-state index contributed by atoms with van der Waals surface area (Å²) in [7, 11) is -3.53. The van der Waals surface area contributed by atoms with Crippen molar-refractivity contribution in [3.8, 4) is 11.1 Å². The van der Waals surface area contributed by atoms with Crippen LogP contribution in [0.25, 0.3) is 22.1 Å². The highest BCUT2D eigenvalue weighted by Crippen LogP contribution is 2.41. The molecule has 0 unspecified atom stereocenters. The number of nitrogens with two attached hydrogens (primary N) is 1. The van der Waals surface area contributed by atoms with E-state index in [1.165, 1.54) is 39.9 Å². The van der Waals surface area contributed by atoms with Crippen molar-refractivity contribution in [2.75, 3.05) is 5.75 Å². The lowest BCUT2D eigenvalue weighted by atomic mass is 9.79. The van der Waals surface area contributed by atoms with E-state index in [9.17, 15) is 12.8 Å². The minimum atomic E-state index is -3.53. The van der Waals surface area contributed by atoms with Gasteiger partial charge in [-0.3, -0.25) is 0 Å². The van der Waals surface area contributed by atoms with E-state index in [1.807, 2.05) is 12.1 Å². The van der Waals surface area contributed by atoms with Gasteiger partial charge in [-0.05, 0) is 82.3 Å². The molecule has 5 heteroatoms. The summed E-state index contributed by atoms with van der Waals surface area (Å²) in [5.41, 5.74) is 14.2. The van der Waals surface area contributed by atoms with E-state index >= 15 is 0 Å². The van der Waals surface area contributed by atoms with E-state index in [4.69, 9.17) is 5.73 Å². The standard InChI is InChI=1S/C28H26FNO2S/c29-22-12-10-21(18-30)20(17-22)6-4-16-33(31,32)28-9-3-8-24-26-13-11-19-5-1-2-7-23(19)25(26)14-15-27(24)28/h1-2,4-7,9-10,12,14-15,17H,3,8,11,13,16,18,30H2. The molecule has 0 heterocycles. The lowest BCUT2D eigenvalue weighted by molar-refractivity contribution is 0.608. The summed E-state index contributed by atoms with van der Waals surface area (Å²) in [6, 6.07) is 16.9. The number of allylic oxidation sites excluding steroid dienone is 1. The van der Waals surface area contributed by atoms with Crippen LogP contribution in [-0.4, -0.2) is 14.2 Å². The zero-order valence-electron chi connectivity index (χ0n) is 18.4. The second-order valence-corrected chi connectivity index (χ2v) is 10.6. The van der Waals surface area contributed by atoms with Gasteiger partial charge in [-0.15, -0.1) is 0 Å². The Balaban J connectivity index is 1.46. The Kier molecular flexibility index (Phi) is 5.77. The number of hydrogen-bond acceptors (Lipinski definition) is 3. The molecule has 0 atom stereocenters. The van der Waals surface area contributed by atoms with Gasteiger partial charge in [0, 0.05) is 6.54 Å². The highest BCUT2D eigenvalue weighted by molar-refractivity contribution is 8.00. The molecule has 0 aromatic heterocycles. The molecule has 3 aromatic carbocycles. The lowest BCUT2D eigenvalue weighted by Crippen LogP contribution is -2.15. The molecule has 0 fully saturated rings. The molecule has 0 aliphatic heterocycles. The molecule has 0 amide bonds. The molecular weight excluding hydrogens is 433 g/mol. The van der Waals surface area contributed by atoms with Crippen LogP contribution in [0.3, 0.4) is 0 Å². The third kappa shape index (κ3) is 4.07. The van der Waals surface area contributed by atoms with Crippen molar-refractivity contribution in [2.45, 2.75) is 32.2 Å². The Hall–Kier alpha value is -3.02. The number of benzene rings is 3. The number of hydrogen-bond donors (Lipinski definition) is 1. The molecule has 2 aliphatic carbocycles. The molecule has 168 valence electrons. The van der Waals surface area contributed by atoms with Crippen LogP contribution < -0.4 is 5.73 Å². The van der Waals surface area contributed by atoms with Gasteiger partial charge in [-0.2, -0.15) is 0 Å². The molecule has 33 heavy (non-hydrogen) atoms. The third-order valence-electron chi connectivity index (χ3n) is 6.65. The van der Waals surface area contributed by atoms with Crippen molar-refractivity contribution >= 4 is 20.8 Å². The van der Waals surface area contributed by atoms with Gasteiger partial charge < -0.3 is 5.73 Å². The number of aryl methyl sites for hydroxylation is 1. The van der Waals surface area contributed by atoms with Gasteiger partial charge in [0.05, 0.1) is 10.7 Å². The van der Waals surface area contributed by atoms with Gasteiger partial charge in [-0.1, -0.05) is 60.7 Å². The first kappa shape index (κ1) is 21.8. The number of halogens is 1. The SMILES string of the molecule is NCc1ccc(F)cc1C=CCS(=O)(=O)C1=CCCc2c1ccc1c2CCc2ccccc2-1. The maximum atomic E-state index is 13.6. The molecule has 0 bridgehead atoms. The van der Waals surface area contributed by atoms with E-state index in [-0.39, 0.29) is 18.1 Å². The highest BCUT2D eigenvalue weighted by atomic mass is 32.2. The van der Waals surface area contributed by atoms with E-state index < -0.39 is 9.84 Å². The van der Waals surface area contributed by atoms with Crippen LogP contribution in [-0.2, 0) is 35.6 Å². The van der Waals surface area contributed by atoms with Crippen LogP contribution in [0.4, 0.5) is 4.39 Å². The minimum Gasteiger partial charge on any atom is -0.326 e. The van der Waals surface area contributed by atoms with Gasteiger partial charge in [0.15, 0.2) is 9.84 Å². The van der Waals surface area contributed by atoms with Crippen molar-refractivity contribution in [1.82, 2.24) is 0 Å². The number of sulfone groups is 1. The number of fused-ring (bicyclic) bond motifs is 5. The van der Waals surface area contributed by atoms with Crippen LogP contribution in [0.2, 0.25) is 0 Å². The Bertz CT molecular complexity index is 1400. The molecule has 3 nitrogen and oxygen atoms in total. The van der Waals surface area contributed by atoms with Crippen molar-refractivity contribution < 1.29 is 12.8 Å². The fourth-order valence-electron chi connectivity index (χ4n) is 5.06. The maximum Gasteiger partial charge on any atom is 0.182 e. The summed E-state index contributed by atoms with van der Waals surface area (Å²) in [5, 5.41) is 0. The van der Waals surface area contributed by atoms with Crippen LogP contribution in [0.5, 0.6) is 0 Å². The largest absolute Gasteiger partial charge is 0.326 e. The highest BCUT2D eigenvalue weighted by Gasteiger charge is 2.28. The average molecular weight is 460 g/mol. The first-order valence-corrected chi connectivity index (χ1v) is 12.9. The predicted octanol–water partition coefficient (Wildman–Crippen LogP) is 5.47. The second kappa shape index (κ2) is 8.73. The zero-order valence-corrected chi connectivity index (χ0v) is 19.2. The molecule has 0 saturated carbocycles. The molecule has 3 aromatic rings. The average Bonchev–Trinajstić information content (AvgIpc) is 2.83. The predicted molar refractivity (Wildman–Crippen MR) is 133 cm³/mol. The second-order valence-electron chi connectivity index (χ2n) is 8.61. The number of rotatable bonds is 5. The molecular formula is C28H26FNO2S. The normalized spacial score (nSPS) is 15.0. The van der Waals surface area contributed by atoms with E-state index in [0.717, 1.165) is 30.4 Å². The van der Waals surface area contributed by atoms with E-state index in [1.54, 1.807) is 18.2 Å². The minimum absolute atomic E-state index is 0.140. The fourth-order valence-corrected chi connectivity index (χ4v) is 6.49. The van der Waals surface area contributed by atoms with Gasteiger partial charge in [0.1, 0.15) is 5.82 Å². The molecule has 0 spiro atoms. The first-order valence-electron chi connectivity index (χ1n) is 11.3.